The van der Waals surface area contributed by atoms with Gasteiger partial charge in [-0.2, -0.15) is 5.10 Å². The first-order valence-corrected chi connectivity index (χ1v) is 9.13. The van der Waals surface area contributed by atoms with Gasteiger partial charge in [-0.25, -0.2) is 5.01 Å². The van der Waals surface area contributed by atoms with E-state index in [2.05, 4.69) is 11.1 Å². The summed E-state index contributed by atoms with van der Waals surface area (Å²) in [5.74, 6) is 1.72. The summed E-state index contributed by atoms with van der Waals surface area (Å²) in [5.41, 5.74) is 3.99. The van der Waals surface area contributed by atoms with Gasteiger partial charge in [0.25, 0.3) is 0 Å². The van der Waals surface area contributed by atoms with Gasteiger partial charge in [0, 0.05) is 29.9 Å². The summed E-state index contributed by atoms with van der Waals surface area (Å²) in [6, 6.07) is 17.0. The minimum absolute atomic E-state index is 0.0424. The van der Waals surface area contributed by atoms with E-state index in [-0.39, 0.29) is 18.0 Å². The first-order chi connectivity index (χ1) is 13.7. The van der Waals surface area contributed by atoms with Crippen molar-refractivity contribution in [3.8, 4) is 17.2 Å². The number of methoxy groups -OCH3 is 1. The average Bonchev–Trinajstić information content (AvgIpc) is 3.19. The maximum absolute atomic E-state index is 9.59. The fraction of sp³-hybridized carbons (Fsp3) is 0.182. The van der Waals surface area contributed by atoms with Crippen molar-refractivity contribution in [3.05, 3.63) is 83.7 Å². The van der Waals surface area contributed by atoms with Crippen LogP contribution in [-0.4, -0.2) is 27.9 Å². The van der Waals surface area contributed by atoms with Crippen molar-refractivity contribution in [1.29, 1.82) is 0 Å². The number of hydrazone groups is 1. The maximum atomic E-state index is 9.59. The van der Waals surface area contributed by atoms with Gasteiger partial charge in [0.1, 0.15) is 5.75 Å². The van der Waals surface area contributed by atoms with Crippen molar-refractivity contribution in [3.63, 3.8) is 0 Å². The molecule has 1 N–H and O–H groups in total. The summed E-state index contributed by atoms with van der Waals surface area (Å²) < 4.78 is 11.9. The molecule has 2 atom stereocenters. The molecule has 0 spiro atoms. The average molecular weight is 373 g/mol. The Labute approximate surface area is 162 Å². The van der Waals surface area contributed by atoms with Crippen molar-refractivity contribution in [1.82, 2.24) is 9.99 Å². The number of hydrogen-bond acceptors (Lipinski definition) is 6. The Morgan fingerprint density at radius 3 is 2.61 bits per heavy atom. The molecular weight excluding hydrogens is 354 g/mol. The highest BCUT2D eigenvalue weighted by Crippen LogP contribution is 2.50. The highest BCUT2D eigenvalue weighted by atomic mass is 16.5. The molecule has 0 bridgehead atoms. The molecule has 0 amide bonds. The van der Waals surface area contributed by atoms with E-state index >= 15 is 0 Å². The third-order valence-corrected chi connectivity index (χ3v) is 5.19. The molecule has 0 aliphatic carbocycles. The summed E-state index contributed by atoms with van der Waals surface area (Å²) >= 11 is 0. The Morgan fingerprint density at radius 1 is 1.07 bits per heavy atom. The molecule has 6 heteroatoms. The number of phenolic OH excluding ortho intramolecular Hbond substituents is 1. The molecule has 2 aliphatic heterocycles. The SMILES string of the molecule is COc1cccc2c1OC(c1ccncc1)N1N=C(c3ccc(O)cc3)CC21. The number of fused-ring (bicyclic) bond motifs is 3. The molecule has 28 heavy (non-hydrogen) atoms. The number of aromatic hydroxyl groups is 1. The molecule has 0 saturated carbocycles. The number of ether oxygens (including phenoxy) is 2. The zero-order valence-corrected chi connectivity index (χ0v) is 15.3. The normalized spacial score (nSPS) is 20.0. The Bertz CT molecular complexity index is 1030. The van der Waals surface area contributed by atoms with Gasteiger partial charge in [0.2, 0.25) is 6.23 Å². The molecule has 2 unspecified atom stereocenters. The number of nitrogens with zero attached hydrogens (tertiary/aromatic N) is 3. The highest BCUT2D eigenvalue weighted by molar-refractivity contribution is 6.02. The standard InChI is InChI=1S/C22H19N3O3/c1-27-20-4-2-3-17-19-13-18(14-5-7-16(26)8-6-14)24-25(19)22(28-21(17)20)15-9-11-23-12-10-15/h2-12,19,22,26H,13H2,1H3. The number of hydrogen-bond donors (Lipinski definition) is 1. The van der Waals surface area contributed by atoms with Crippen LogP contribution in [0.1, 0.15) is 35.4 Å². The number of phenols is 1. The molecule has 0 radical (unpaired) electrons. The molecule has 140 valence electrons. The fourth-order valence-electron chi connectivity index (χ4n) is 3.82. The predicted molar refractivity (Wildman–Crippen MR) is 104 cm³/mol. The quantitative estimate of drug-likeness (QED) is 0.751. The lowest BCUT2D eigenvalue weighted by atomic mass is 9.95. The second-order valence-electron chi connectivity index (χ2n) is 6.82. The number of pyridine rings is 1. The molecule has 2 aliphatic rings. The second kappa shape index (κ2) is 6.56. The molecule has 3 aromatic rings. The zero-order valence-electron chi connectivity index (χ0n) is 15.3. The van der Waals surface area contributed by atoms with Crippen molar-refractivity contribution in [2.24, 2.45) is 5.10 Å². The number of aromatic nitrogens is 1. The van der Waals surface area contributed by atoms with Crippen LogP contribution in [0.3, 0.4) is 0 Å². The van der Waals surface area contributed by atoms with E-state index in [0.29, 0.717) is 5.75 Å². The Morgan fingerprint density at radius 2 is 1.86 bits per heavy atom. The predicted octanol–water partition coefficient (Wildman–Crippen LogP) is 4.04. The van der Waals surface area contributed by atoms with Crippen molar-refractivity contribution in [2.45, 2.75) is 18.7 Å². The van der Waals surface area contributed by atoms with E-state index in [0.717, 1.165) is 34.6 Å². The molecule has 1 aromatic heterocycles. The lowest BCUT2D eigenvalue weighted by molar-refractivity contribution is -0.0209. The van der Waals surface area contributed by atoms with E-state index in [1.54, 1.807) is 31.6 Å². The topological polar surface area (TPSA) is 67.2 Å². The Kier molecular flexibility index (Phi) is 3.90. The zero-order chi connectivity index (χ0) is 19.1. The van der Waals surface area contributed by atoms with E-state index in [9.17, 15) is 5.11 Å². The minimum Gasteiger partial charge on any atom is -0.508 e. The summed E-state index contributed by atoms with van der Waals surface area (Å²) in [7, 11) is 1.65. The second-order valence-corrected chi connectivity index (χ2v) is 6.82. The summed E-state index contributed by atoms with van der Waals surface area (Å²) in [4.78, 5) is 4.12. The van der Waals surface area contributed by atoms with E-state index in [1.165, 1.54) is 0 Å². The van der Waals surface area contributed by atoms with Crippen LogP contribution in [0.4, 0.5) is 0 Å². The van der Waals surface area contributed by atoms with Gasteiger partial charge in [0.05, 0.1) is 18.9 Å². The van der Waals surface area contributed by atoms with Crippen molar-refractivity contribution >= 4 is 5.71 Å². The van der Waals surface area contributed by atoms with Crippen LogP contribution >= 0.6 is 0 Å². The molecule has 0 saturated heterocycles. The molecule has 3 heterocycles. The van der Waals surface area contributed by atoms with Crippen molar-refractivity contribution in [2.75, 3.05) is 7.11 Å². The molecule has 0 fully saturated rings. The Balaban J connectivity index is 1.61. The number of benzene rings is 2. The van der Waals surface area contributed by atoms with E-state index < -0.39 is 0 Å². The largest absolute Gasteiger partial charge is 0.508 e. The molecule has 6 nitrogen and oxygen atoms in total. The number of rotatable bonds is 3. The monoisotopic (exact) mass is 373 g/mol. The van der Waals surface area contributed by atoms with E-state index in [4.69, 9.17) is 14.6 Å². The van der Waals surface area contributed by atoms with Gasteiger partial charge in [-0.15, -0.1) is 0 Å². The molecule has 2 aromatic carbocycles. The van der Waals surface area contributed by atoms with Crippen molar-refractivity contribution < 1.29 is 14.6 Å². The van der Waals surface area contributed by atoms with Gasteiger partial charge in [-0.1, -0.05) is 12.1 Å². The fourth-order valence-corrected chi connectivity index (χ4v) is 3.82. The number of para-hydroxylation sites is 1. The lowest BCUT2D eigenvalue weighted by Crippen LogP contribution is -2.33. The van der Waals surface area contributed by atoms with Gasteiger partial charge < -0.3 is 14.6 Å². The first-order valence-electron chi connectivity index (χ1n) is 9.13. The van der Waals surface area contributed by atoms with Crippen LogP contribution in [-0.2, 0) is 0 Å². The first kappa shape index (κ1) is 16.6. The maximum Gasteiger partial charge on any atom is 0.214 e. The smallest absolute Gasteiger partial charge is 0.214 e. The van der Waals surface area contributed by atoms with Crippen LogP contribution in [0.2, 0.25) is 0 Å². The highest BCUT2D eigenvalue weighted by Gasteiger charge is 2.42. The Hall–Kier alpha value is -3.54. The summed E-state index contributed by atoms with van der Waals surface area (Å²) in [6.07, 6.45) is 3.89. The van der Waals surface area contributed by atoms with Crippen LogP contribution in [0, 0.1) is 0 Å². The summed E-state index contributed by atoms with van der Waals surface area (Å²) in [6.45, 7) is 0. The minimum atomic E-state index is -0.369. The van der Waals surface area contributed by atoms with Crippen LogP contribution in [0.25, 0.3) is 0 Å². The van der Waals surface area contributed by atoms with Crippen LogP contribution < -0.4 is 9.47 Å². The van der Waals surface area contributed by atoms with Crippen LogP contribution in [0.15, 0.2) is 72.1 Å². The molecule has 5 rings (SSSR count). The molecular formula is C22H19N3O3. The van der Waals surface area contributed by atoms with Gasteiger partial charge in [0.15, 0.2) is 11.5 Å². The van der Waals surface area contributed by atoms with Gasteiger partial charge in [-0.3, -0.25) is 4.98 Å². The summed E-state index contributed by atoms with van der Waals surface area (Å²) in [5, 5.41) is 16.5. The third kappa shape index (κ3) is 2.65. The third-order valence-electron chi connectivity index (χ3n) is 5.19. The van der Waals surface area contributed by atoms with Gasteiger partial charge >= 0.3 is 0 Å². The lowest BCUT2D eigenvalue weighted by Gasteiger charge is -2.38. The van der Waals surface area contributed by atoms with Gasteiger partial charge in [-0.05, 0) is 48.0 Å². The van der Waals surface area contributed by atoms with E-state index in [1.807, 2.05) is 41.4 Å². The van der Waals surface area contributed by atoms with Crippen LogP contribution in [0.5, 0.6) is 17.2 Å².